The lowest BCUT2D eigenvalue weighted by atomic mass is 10.2. The van der Waals surface area contributed by atoms with Gasteiger partial charge >= 0.3 is 0 Å². The lowest BCUT2D eigenvalue weighted by molar-refractivity contribution is 0.172. The summed E-state index contributed by atoms with van der Waals surface area (Å²) in [4.78, 5) is 7.69. The van der Waals surface area contributed by atoms with E-state index in [2.05, 4.69) is 9.97 Å². The molecule has 4 rings (SSSR count). The number of hydrogen-bond acceptors (Lipinski definition) is 4. The van der Waals surface area contributed by atoms with E-state index < -0.39 is 0 Å². The minimum absolute atomic E-state index is 0.140. The fourth-order valence-corrected chi connectivity index (χ4v) is 2.58. The van der Waals surface area contributed by atoms with Crippen LogP contribution in [0.25, 0.3) is 22.4 Å². The van der Waals surface area contributed by atoms with Crippen molar-refractivity contribution in [1.82, 2.24) is 9.97 Å². The largest absolute Gasteiger partial charge is 0.508 e. The van der Waals surface area contributed by atoms with Crippen LogP contribution >= 0.6 is 11.6 Å². The van der Waals surface area contributed by atoms with Crippen LogP contribution in [0.2, 0.25) is 5.02 Å². The number of aromatic amines is 1. The Balaban J connectivity index is 1.88. The normalized spacial score (nSPS) is 13.6. The molecule has 0 aliphatic carbocycles. The Bertz CT molecular complexity index is 801. The number of H-pyrrole nitrogens is 1. The Hall–Kier alpha value is -2.40. The first-order chi connectivity index (χ1) is 10.2. The second-order valence-corrected chi connectivity index (χ2v) is 5.17. The lowest BCUT2D eigenvalue weighted by Crippen LogP contribution is -2.15. The topological polar surface area (TPSA) is 67.4 Å². The Morgan fingerprint density at radius 3 is 2.67 bits per heavy atom. The number of ether oxygens (including phenoxy) is 2. The van der Waals surface area contributed by atoms with E-state index in [1.165, 1.54) is 6.07 Å². The second-order valence-electron chi connectivity index (χ2n) is 4.76. The smallest absolute Gasteiger partial charge is 0.163 e. The van der Waals surface area contributed by atoms with Crippen molar-refractivity contribution in [1.29, 1.82) is 0 Å². The number of phenols is 1. The van der Waals surface area contributed by atoms with Gasteiger partial charge in [0.25, 0.3) is 0 Å². The molecule has 6 heteroatoms. The van der Waals surface area contributed by atoms with Crippen molar-refractivity contribution in [2.45, 2.75) is 0 Å². The van der Waals surface area contributed by atoms with Gasteiger partial charge < -0.3 is 19.6 Å². The molecular formula is C15H11ClN2O3. The van der Waals surface area contributed by atoms with E-state index in [9.17, 15) is 5.11 Å². The number of rotatable bonds is 1. The van der Waals surface area contributed by atoms with E-state index in [1.807, 2.05) is 12.1 Å². The van der Waals surface area contributed by atoms with E-state index in [-0.39, 0.29) is 5.75 Å². The Kier molecular flexibility index (Phi) is 2.68. The van der Waals surface area contributed by atoms with Crippen molar-refractivity contribution in [2.75, 3.05) is 13.2 Å². The van der Waals surface area contributed by atoms with Gasteiger partial charge in [0.2, 0.25) is 0 Å². The summed E-state index contributed by atoms with van der Waals surface area (Å²) in [5, 5.41) is 10.1. The quantitative estimate of drug-likeness (QED) is 0.723. The van der Waals surface area contributed by atoms with E-state index in [0.29, 0.717) is 41.1 Å². The van der Waals surface area contributed by atoms with Crippen LogP contribution in [0.4, 0.5) is 0 Å². The van der Waals surface area contributed by atoms with E-state index in [4.69, 9.17) is 21.1 Å². The SMILES string of the molecule is Oc1ccc(Cl)c(-c2nc3cc4c(cc3[nH]2)OCCO4)c1. The highest BCUT2D eigenvalue weighted by Gasteiger charge is 2.16. The van der Waals surface area contributed by atoms with Crippen LogP contribution in [0.1, 0.15) is 0 Å². The van der Waals surface area contributed by atoms with Crippen LogP contribution in [0.15, 0.2) is 30.3 Å². The predicted molar refractivity (Wildman–Crippen MR) is 79.2 cm³/mol. The Morgan fingerprint density at radius 2 is 1.86 bits per heavy atom. The molecule has 1 aliphatic rings. The summed E-state index contributed by atoms with van der Waals surface area (Å²) in [5.74, 6) is 2.12. The number of fused-ring (bicyclic) bond motifs is 2. The molecule has 0 atom stereocenters. The van der Waals surface area contributed by atoms with Crippen molar-refractivity contribution in [2.24, 2.45) is 0 Å². The van der Waals surface area contributed by atoms with Gasteiger partial charge in [-0.25, -0.2) is 4.98 Å². The third-order valence-corrected chi connectivity index (χ3v) is 3.68. The molecule has 0 fully saturated rings. The molecule has 1 aliphatic heterocycles. The zero-order chi connectivity index (χ0) is 14.4. The van der Waals surface area contributed by atoms with Gasteiger partial charge in [0.05, 0.1) is 16.1 Å². The molecule has 0 radical (unpaired) electrons. The number of imidazole rings is 1. The summed E-state index contributed by atoms with van der Waals surface area (Å²) in [5.41, 5.74) is 2.23. The second kappa shape index (κ2) is 4.56. The fraction of sp³-hybridized carbons (Fsp3) is 0.133. The summed E-state index contributed by atoms with van der Waals surface area (Å²) < 4.78 is 11.1. The van der Waals surface area contributed by atoms with Crippen molar-refractivity contribution in [3.8, 4) is 28.6 Å². The van der Waals surface area contributed by atoms with E-state index in [1.54, 1.807) is 12.1 Å². The maximum absolute atomic E-state index is 9.61. The van der Waals surface area contributed by atoms with Crippen LogP contribution in [-0.4, -0.2) is 28.3 Å². The van der Waals surface area contributed by atoms with Crippen LogP contribution < -0.4 is 9.47 Å². The minimum atomic E-state index is 0.140. The first-order valence-electron chi connectivity index (χ1n) is 6.49. The summed E-state index contributed by atoms with van der Waals surface area (Å²) in [6.07, 6.45) is 0. The van der Waals surface area contributed by atoms with Crippen LogP contribution in [0.5, 0.6) is 17.2 Å². The lowest BCUT2D eigenvalue weighted by Gasteiger charge is -2.17. The van der Waals surface area contributed by atoms with Gasteiger partial charge in [-0.1, -0.05) is 11.6 Å². The van der Waals surface area contributed by atoms with Gasteiger partial charge in [-0.05, 0) is 18.2 Å². The molecule has 1 aromatic heterocycles. The molecule has 2 heterocycles. The highest BCUT2D eigenvalue weighted by molar-refractivity contribution is 6.33. The number of nitrogens with one attached hydrogen (secondary N) is 1. The molecule has 106 valence electrons. The summed E-state index contributed by atoms with van der Waals surface area (Å²) in [6, 6.07) is 8.44. The Labute approximate surface area is 125 Å². The molecule has 3 aromatic rings. The molecule has 0 spiro atoms. The van der Waals surface area contributed by atoms with Gasteiger partial charge in [0.15, 0.2) is 11.5 Å². The highest BCUT2D eigenvalue weighted by atomic mass is 35.5. The van der Waals surface area contributed by atoms with Gasteiger partial charge in [-0.3, -0.25) is 0 Å². The average Bonchev–Trinajstić information content (AvgIpc) is 2.89. The molecule has 21 heavy (non-hydrogen) atoms. The number of hydrogen-bond donors (Lipinski definition) is 2. The first-order valence-corrected chi connectivity index (χ1v) is 6.87. The fourth-order valence-electron chi connectivity index (χ4n) is 2.37. The molecule has 2 aromatic carbocycles. The predicted octanol–water partition coefficient (Wildman–Crippen LogP) is 3.36. The maximum atomic E-state index is 9.61. The molecule has 2 N–H and O–H groups in total. The van der Waals surface area contributed by atoms with Crippen molar-refractivity contribution >= 4 is 22.6 Å². The Morgan fingerprint density at radius 1 is 1.10 bits per heavy atom. The first kappa shape index (κ1) is 12.3. The van der Waals surface area contributed by atoms with Gasteiger partial charge in [-0.2, -0.15) is 0 Å². The minimum Gasteiger partial charge on any atom is -0.508 e. The van der Waals surface area contributed by atoms with Crippen LogP contribution in [0, 0.1) is 0 Å². The van der Waals surface area contributed by atoms with Gasteiger partial charge in [-0.15, -0.1) is 0 Å². The molecule has 0 bridgehead atoms. The van der Waals surface area contributed by atoms with Crippen molar-refractivity contribution in [3.63, 3.8) is 0 Å². The molecule has 5 nitrogen and oxygen atoms in total. The zero-order valence-corrected chi connectivity index (χ0v) is 11.6. The van der Waals surface area contributed by atoms with E-state index in [0.717, 1.165) is 11.0 Å². The number of aromatic nitrogens is 2. The highest BCUT2D eigenvalue weighted by Crippen LogP contribution is 2.36. The molecule has 0 saturated heterocycles. The summed E-state index contributed by atoms with van der Waals surface area (Å²) in [6.45, 7) is 1.08. The van der Waals surface area contributed by atoms with Crippen LogP contribution in [-0.2, 0) is 0 Å². The van der Waals surface area contributed by atoms with Gasteiger partial charge in [0.1, 0.15) is 24.8 Å². The third kappa shape index (κ3) is 2.06. The number of aromatic hydroxyl groups is 1. The number of halogens is 1. The monoisotopic (exact) mass is 302 g/mol. The molecule has 0 saturated carbocycles. The number of nitrogens with zero attached hydrogens (tertiary/aromatic N) is 1. The van der Waals surface area contributed by atoms with Crippen molar-refractivity contribution in [3.05, 3.63) is 35.4 Å². The van der Waals surface area contributed by atoms with Crippen molar-refractivity contribution < 1.29 is 14.6 Å². The number of phenolic OH excluding ortho intramolecular Hbond substituents is 1. The zero-order valence-electron chi connectivity index (χ0n) is 10.9. The number of benzene rings is 2. The summed E-state index contributed by atoms with van der Waals surface area (Å²) >= 11 is 6.16. The molecule has 0 unspecified atom stereocenters. The van der Waals surface area contributed by atoms with Crippen LogP contribution in [0.3, 0.4) is 0 Å². The van der Waals surface area contributed by atoms with E-state index >= 15 is 0 Å². The third-order valence-electron chi connectivity index (χ3n) is 3.35. The maximum Gasteiger partial charge on any atom is 0.163 e. The molecule has 0 amide bonds. The standard InChI is InChI=1S/C15H11ClN2O3/c16-10-2-1-8(19)5-9(10)15-17-11-6-13-14(7-12(11)18-15)21-4-3-20-13/h1-2,5-7,19H,3-4H2,(H,17,18). The average molecular weight is 303 g/mol. The molecular weight excluding hydrogens is 292 g/mol. The van der Waals surface area contributed by atoms with Gasteiger partial charge in [0, 0.05) is 17.7 Å². The summed E-state index contributed by atoms with van der Waals surface area (Å²) in [7, 11) is 0.